The lowest BCUT2D eigenvalue weighted by Crippen LogP contribution is -2.34. The van der Waals surface area contributed by atoms with Gasteiger partial charge < -0.3 is 9.46 Å². The highest BCUT2D eigenvalue weighted by molar-refractivity contribution is 7.70. The standard InChI is InChI=1S/C18H18ClF2N2O2P/c1-26(2,25)15-6-4-3-5-11(15)12-7-8-14(17(21)16(12)20)23-10-9-13(22-19)18(23)24/h3-8,13,22H,9-10H2,1-2H3/t13-/m1/s1. The summed E-state index contributed by atoms with van der Waals surface area (Å²) in [6.07, 6.45) is 0.406. The number of hydrogen-bond donors (Lipinski definition) is 1. The van der Waals surface area contributed by atoms with Crippen molar-refractivity contribution in [1.82, 2.24) is 4.84 Å². The fourth-order valence-electron chi connectivity index (χ4n) is 3.15. The molecule has 26 heavy (non-hydrogen) atoms. The maximum atomic E-state index is 14.8. The molecule has 0 bridgehead atoms. The topological polar surface area (TPSA) is 49.4 Å². The van der Waals surface area contributed by atoms with Gasteiger partial charge in [0.25, 0.3) is 0 Å². The molecule has 0 radical (unpaired) electrons. The second kappa shape index (κ2) is 7.10. The van der Waals surface area contributed by atoms with Gasteiger partial charge in [0.15, 0.2) is 11.6 Å². The third-order valence-corrected chi connectivity index (χ3v) is 6.28. The molecule has 1 saturated heterocycles. The highest BCUT2D eigenvalue weighted by atomic mass is 35.5. The van der Waals surface area contributed by atoms with Crippen molar-refractivity contribution in [2.24, 2.45) is 0 Å². The number of benzene rings is 2. The minimum atomic E-state index is -2.69. The Balaban J connectivity index is 2.08. The number of anilines is 1. The fourth-order valence-corrected chi connectivity index (χ4v) is 4.57. The number of nitrogens with one attached hydrogen (secondary N) is 1. The Hall–Kier alpha value is -1.75. The Morgan fingerprint density at radius 1 is 1.12 bits per heavy atom. The van der Waals surface area contributed by atoms with Gasteiger partial charge in [0.05, 0.1) is 5.69 Å². The van der Waals surface area contributed by atoms with Crippen LogP contribution < -0.4 is 15.0 Å². The lowest BCUT2D eigenvalue weighted by Gasteiger charge is -2.20. The fraction of sp³-hybridized carbons (Fsp3) is 0.278. The van der Waals surface area contributed by atoms with E-state index in [-0.39, 0.29) is 17.8 Å². The second-order valence-electron chi connectivity index (χ2n) is 6.57. The molecule has 1 fully saturated rings. The Bertz CT molecular complexity index is 916. The van der Waals surface area contributed by atoms with Crippen LogP contribution >= 0.6 is 18.9 Å². The number of carbonyl (C=O) groups is 1. The van der Waals surface area contributed by atoms with E-state index in [1.54, 1.807) is 37.6 Å². The molecule has 1 N–H and O–H groups in total. The molecule has 2 aromatic rings. The minimum Gasteiger partial charge on any atom is -0.319 e. The van der Waals surface area contributed by atoms with E-state index in [4.69, 9.17) is 11.8 Å². The number of rotatable bonds is 4. The van der Waals surface area contributed by atoms with Gasteiger partial charge in [0.2, 0.25) is 5.91 Å². The van der Waals surface area contributed by atoms with E-state index in [1.165, 1.54) is 17.0 Å². The highest BCUT2D eigenvalue weighted by Gasteiger charge is 2.34. The maximum Gasteiger partial charge on any atom is 0.245 e. The number of nitrogens with zero attached hydrogens (tertiary/aromatic N) is 1. The molecule has 138 valence electrons. The van der Waals surface area contributed by atoms with E-state index < -0.39 is 30.7 Å². The predicted octanol–water partition coefficient (Wildman–Crippen LogP) is 3.73. The first-order chi connectivity index (χ1) is 12.3. The van der Waals surface area contributed by atoms with E-state index in [0.29, 0.717) is 17.3 Å². The van der Waals surface area contributed by atoms with E-state index in [1.807, 2.05) is 0 Å². The van der Waals surface area contributed by atoms with E-state index in [9.17, 15) is 18.1 Å². The number of hydrogen-bond acceptors (Lipinski definition) is 3. The van der Waals surface area contributed by atoms with Crippen LogP contribution in [0.2, 0.25) is 0 Å². The molecule has 3 rings (SSSR count). The van der Waals surface area contributed by atoms with Crippen LogP contribution in [0.1, 0.15) is 6.42 Å². The molecule has 8 heteroatoms. The monoisotopic (exact) mass is 398 g/mol. The zero-order valence-corrected chi connectivity index (χ0v) is 16.0. The molecule has 0 saturated carbocycles. The van der Waals surface area contributed by atoms with Crippen molar-refractivity contribution >= 4 is 35.8 Å². The van der Waals surface area contributed by atoms with Gasteiger partial charge in [-0.2, -0.15) is 0 Å². The van der Waals surface area contributed by atoms with Gasteiger partial charge in [-0.3, -0.25) is 4.79 Å². The Labute approximate surface area is 155 Å². The molecule has 4 nitrogen and oxygen atoms in total. The van der Waals surface area contributed by atoms with Gasteiger partial charge in [-0.1, -0.05) is 24.3 Å². The molecule has 2 aromatic carbocycles. The van der Waals surface area contributed by atoms with Crippen molar-refractivity contribution in [2.45, 2.75) is 12.5 Å². The van der Waals surface area contributed by atoms with E-state index >= 15 is 0 Å². The van der Waals surface area contributed by atoms with Crippen molar-refractivity contribution in [3.8, 4) is 11.1 Å². The predicted molar refractivity (Wildman–Crippen MR) is 101 cm³/mol. The van der Waals surface area contributed by atoms with Crippen molar-refractivity contribution < 1.29 is 18.1 Å². The van der Waals surface area contributed by atoms with E-state index in [2.05, 4.69) is 4.84 Å². The minimum absolute atomic E-state index is 0.0180. The van der Waals surface area contributed by atoms with Crippen LogP contribution in [0.15, 0.2) is 36.4 Å². The molecular weight excluding hydrogens is 381 g/mol. The van der Waals surface area contributed by atoms with Crippen molar-refractivity contribution in [3.05, 3.63) is 48.0 Å². The highest BCUT2D eigenvalue weighted by Crippen LogP contribution is 2.40. The van der Waals surface area contributed by atoms with Crippen LogP contribution in [0.25, 0.3) is 11.1 Å². The SMILES string of the molecule is CP(C)(=O)c1ccccc1-c1ccc(N2CC[C@@H](NCl)C2=O)c(F)c1F. The summed E-state index contributed by atoms with van der Waals surface area (Å²) in [5, 5.41) is 0.481. The van der Waals surface area contributed by atoms with Crippen LogP contribution in [-0.4, -0.2) is 31.8 Å². The number of halogens is 3. The van der Waals surface area contributed by atoms with Crippen LogP contribution in [0.5, 0.6) is 0 Å². The average Bonchev–Trinajstić information content (AvgIpc) is 2.97. The molecule has 0 aromatic heterocycles. The summed E-state index contributed by atoms with van der Waals surface area (Å²) in [5.41, 5.74) is 0.278. The maximum absolute atomic E-state index is 14.8. The molecule has 1 amide bonds. The molecule has 1 heterocycles. The van der Waals surface area contributed by atoms with Gasteiger partial charge in [-0.15, -0.1) is 0 Å². The van der Waals surface area contributed by atoms with Crippen LogP contribution in [-0.2, 0) is 9.36 Å². The first-order valence-electron chi connectivity index (χ1n) is 8.06. The van der Waals surface area contributed by atoms with Gasteiger partial charge >= 0.3 is 0 Å². The Morgan fingerprint density at radius 2 is 1.81 bits per heavy atom. The summed E-state index contributed by atoms with van der Waals surface area (Å²) in [4.78, 5) is 15.7. The molecule has 0 spiro atoms. The van der Waals surface area contributed by atoms with Gasteiger partial charge in [0.1, 0.15) is 13.2 Å². The normalized spacial score (nSPS) is 17.8. The van der Waals surface area contributed by atoms with Gasteiger partial charge in [0, 0.05) is 17.4 Å². The van der Waals surface area contributed by atoms with Gasteiger partial charge in [-0.25, -0.2) is 13.6 Å². The van der Waals surface area contributed by atoms with Crippen LogP contribution in [0.4, 0.5) is 14.5 Å². The molecule has 0 aliphatic carbocycles. The third-order valence-electron chi connectivity index (χ3n) is 4.46. The van der Waals surface area contributed by atoms with Crippen LogP contribution in [0.3, 0.4) is 0 Å². The summed E-state index contributed by atoms with van der Waals surface area (Å²) in [7, 11) is -2.69. The van der Waals surface area contributed by atoms with Crippen molar-refractivity contribution in [3.63, 3.8) is 0 Å². The van der Waals surface area contributed by atoms with E-state index in [0.717, 1.165) is 0 Å². The lowest BCUT2D eigenvalue weighted by molar-refractivity contribution is -0.118. The number of carbonyl (C=O) groups excluding carboxylic acids is 1. The van der Waals surface area contributed by atoms with Gasteiger partial charge in [-0.05, 0) is 49.2 Å². The molecule has 1 aliphatic rings. The summed E-state index contributed by atoms with van der Waals surface area (Å²) in [6.45, 7) is 3.40. The summed E-state index contributed by atoms with van der Waals surface area (Å²) < 4.78 is 42.1. The quantitative estimate of drug-likeness (QED) is 0.630. The molecule has 0 unspecified atom stereocenters. The Kier molecular flexibility index (Phi) is 5.20. The molecular formula is C18H18ClF2N2O2P. The largest absolute Gasteiger partial charge is 0.319 e. The lowest BCUT2D eigenvalue weighted by atomic mass is 10.0. The van der Waals surface area contributed by atoms with Crippen molar-refractivity contribution in [1.29, 1.82) is 0 Å². The first kappa shape index (κ1) is 19.0. The summed E-state index contributed by atoms with van der Waals surface area (Å²) >= 11 is 5.50. The number of amides is 1. The first-order valence-corrected chi connectivity index (χ1v) is 11.0. The molecule has 1 aliphatic heterocycles. The smallest absolute Gasteiger partial charge is 0.245 e. The zero-order valence-electron chi connectivity index (χ0n) is 14.3. The second-order valence-corrected chi connectivity index (χ2v) is 9.97. The third kappa shape index (κ3) is 3.29. The van der Waals surface area contributed by atoms with Crippen molar-refractivity contribution in [2.75, 3.05) is 24.8 Å². The Morgan fingerprint density at radius 3 is 2.42 bits per heavy atom. The molecule has 1 atom stereocenters. The zero-order chi connectivity index (χ0) is 19.1. The average molecular weight is 399 g/mol. The summed E-state index contributed by atoms with van der Waals surface area (Å²) in [6, 6.07) is 8.82. The van der Waals surface area contributed by atoms with Crippen LogP contribution in [0, 0.1) is 11.6 Å². The summed E-state index contributed by atoms with van der Waals surface area (Å²) in [5.74, 6) is -2.58.